The topological polar surface area (TPSA) is 286 Å². The molecule has 1 aliphatic carbocycles. The predicted molar refractivity (Wildman–Crippen MR) is 225 cm³/mol. The van der Waals surface area contributed by atoms with Crippen LogP contribution >= 0.6 is 31.9 Å². The molecule has 0 bridgehead atoms. The largest absolute Gasteiger partial charge is 0.463 e. The second-order valence-corrected chi connectivity index (χ2v) is 18.3. The van der Waals surface area contributed by atoms with Gasteiger partial charge in [-0.3, -0.25) is 38.4 Å². The van der Waals surface area contributed by atoms with Crippen molar-refractivity contribution in [2.24, 2.45) is 5.92 Å². The van der Waals surface area contributed by atoms with Crippen LogP contribution in [0.1, 0.15) is 89.5 Å². The van der Waals surface area contributed by atoms with E-state index in [1.165, 1.54) is 27.7 Å². The first-order valence-electron chi connectivity index (χ1n) is 20.7. The monoisotopic (exact) mass is 1080 g/mol. The van der Waals surface area contributed by atoms with Crippen molar-refractivity contribution in [1.29, 1.82) is 0 Å². The fourth-order valence-corrected chi connectivity index (χ4v) is 9.01. The summed E-state index contributed by atoms with van der Waals surface area (Å²) in [5.74, 6) is -6.16. The Kier molecular flexibility index (Phi) is 21.2. The zero-order valence-electron chi connectivity index (χ0n) is 38.7. The van der Waals surface area contributed by atoms with Gasteiger partial charge in [0.05, 0.1) is 24.9 Å². The molecular weight excluding hydrogens is 1020 g/mol. The summed E-state index contributed by atoms with van der Waals surface area (Å²) in [6.07, 6.45) is -8.57. The van der Waals surface area contributed by atoms with Gasteiger partial charge in [0.25, 0.3) is 0 Å². The smallest absolute Gasteiger partial charge is 0.303 e. The van der Waals surface area contributed by atoms with Crippen LogP contribution in [-0.4, -0.2) is 168 Å². The number of fused-ring (bicyclic) bond motifs is 1. The van der Waals surface area contributed by atoms with Crippen LogP contribution in [-0.2, 0) is 105 Å². The van der Waals surface area contributed by atoms with E-state index in [2.05, 4.69) is 31.9 Å². The van der Waals surface area contributed by atoms with Crippen LogP contribution in [0.3, 0.4) is 0 Å². The molecule has 25 heteroatoms. The third kappa shape index (κ3) is 17.2. The van der Waals surface area contributed by atoms with Gasteiger partial charge in [-0.15, -0.1) is 0 Å². The van der Waals surface area contributed by atoms with Crippen molar-refractivity contribution in [2.45, 2.75) is 184 Å². The van der Waals surface area contributed by atoms with Crippen LogP contribution in [0.4, 0.5) is 0 Å². The molecule has 0 unspecified atom stereocenters. The molecular formula is C41H60Br2O23. The standard InChI is InChI=1S/2C14H19BrO9.C13H22O5/c2*1-6(16)20-5-10-11(21-7(2)17)12(22-8(3)18)13(14(15)24-10)23-9(4)19;1-12(2)15-6-9(17-12)7-5-8-11(10(7)14)18-13(3,4)16-8/h2*10-14H,5H2,1-4H3;7-11,14H,5-6H2,1-4H3/t10-,11+,12+,13-,14+;10-,11-,12+,13-,14+;7-,8+,9-,10+,11+/m111/s1. The Morgan fingerprint density at radius 1 is 0.500 bits per heavy atom. The molecule has 66 heavy (non-hydrogen) atoms. The third-order valence-electron chi connectivity index (χ3n) is 9.88. The number of ether oxygens (including phenoxy) is 14. The van der Waals surface area contributed by atoms with E-state index in [0.29, 0.717) is 6.61 Å². The summed E-state index contributed by atoms with van der Waals surface area (Å²) in [5.41, 5.74) is 0. The summed E-state index contributed by atoms with van der Waals surface area (Å²) in [6.45, 7) is 17.0. The van der Waals surface area contributed by atoms with E-state index in [9.17, 15) is 43.5 Å². The third-order valence-corrected chi connectivity index (χ3v) is 11.4. The van der Waals surface area contributed by atoms with Crippen LogP contribution < -0.4 is 0 Å². The van der Waals surface area contributed by atoms with Gasteiger partial charge in [0, 0.05) is 61.3 Å². The van der Waals surface area contributed by atoms with Crippen molar-refractivity contribution in [3.05, 3.63) is 0 Å². The molecule has 4 aliphatic heterocycles. The molecule has 0 aromatic rings. The van der Waals surface area contributed by atoms with Gasteiger partial charge in [-0.05, 0) is 34.1 Å². The van der Waals surface area contributed by atoms with Crippen LogP contribution in [0.5, 0.6) is 0 Å². The highest BCUT2D eigenvalue weighted by atomic mass is 79.9. The average molecular weight is 1080 g/mol. The Bertz CT molecular complexity index is 1650. The fourth-order valence-electron chi connectivity index (χ4n) is 7.64. The summed E-state index contributed by atoms with van der Waals surface area (Å²) in [7, 11) is 0. The van der Waals surface area contributed by atoms with Gasteiger partial charge in [0.2, 0.25) is 0 Å². The SMILES string of the molecule is CC(=O)OC[C@H]1O[C@H](Br)[C@H](OC(C)=O)[C@@H](OC(C)=O)[C@@H]1OC(C)=O.CC(=O)OC[C@H]1O[C@H](Br)[C@H](OC(C)=O)[C@@H](OC(C)=O)[C@H]1OC(C)=O.CC1(C)O[C@@H]2[C@@H](O)[C@@H]([C@H]3COC(C)(C)O3)C[C@@H]2O1. The zero-order valence-corrected chi connectivity index (χ0v) is 41.8. The lowest BCUT2D eigenvalue weighted by Crippen LogP contribution is -2.60. The van der Waals surface area contributed by atoms with E-state index in [0.717, 1.165) is 34.1 Å². The van der Waals surface area contributed by atoms with Gasteiger partial charge in [-0.2, -0.15) is 0 Å². The second kappa shape index (κ2) is 24.6. The number of aliphatic hydroxyl groups excluding tert-OH is 1. The minimum atomic E-state index is -1.13. The summed E-state index contributed by atoms with van der Waals surface area (Å²) < 4.78 is 74.8. The average Bonchev–Trinajstić information content (AvgIpc) is 3.79. The van der Waals surface area contributed by atoms with E-state index < -0.39 is 124 Å². The Morgan fingerprint density at radius 2 is 0.848 bits per heavy atom. The summed E-state index contributed by atoms with van der Waals surface area (Å²) in [6, 6.07) is 0. The quantitative estimate of drug-likeness (QED) is 0.176. The number of carbonyl (C=O) groups excluding carboxylic acids is 8. The van der Waals surface area contributed by atoms with E-state index >= 15 is 0 Å². The van der Waals surface area contributed by atoms with E-state index in [4.69, 9.17) is 66.3 Å². The fraction of sp³-hybridized carbons (Fsp3) is 0.805. The maximum absolute atomic E-state index is 11.4. The number of alkyl halides is 2. The molecule has 15 atom stereocenters. The highest BCUT2D eigenvalue weighted by Gasteiger charge is 2.57. The molecule has 4 saturated heterocycles. The lowest BCUT2D eigenvalue weighted by atomic mass is 9.98. The van der Waals surface area contributed by atoms with Crippen molar-refractivity contribution in [3.63, 3.8) is 0 Å². The van der Waals surface area contributed by atoms with Crippen molar-refractivity contribution in [1.82, 2.24) is 0 Å². The van der Waals surface area contributed by atoms with E-state index in [1.807, 2.05) is 27.7 Å². The maximum Gasteiger partial charge on any atom is 0.303 e. The summed E-state index contributed by atoms with van der Waals surface area (Å²) in [4.78, 5) is 90.2. The minimum absolute atomic E-state index is 0.0258. The first-order valence-corrected chi connectivity index (χ1v) is 22.6. The van der Waals surface area contributed by atoms with Crippen LogP contribution in [0.25, 0.3) is 0 Å². The summed E-state index contributed by atoms with van der Waals surface area (Å²) in [5, 5.41) is 8.66. The Labute approximate surface area is 398 Å². The molecule has 23 nitrogen and oxygen atoms in total. The highest BCUT2D eigenvalue weighted by molar-refractivity contribution is 9.09. The van der Waals surface area contributed by atoms with Gasteiger partial charge < -0.3 is 71.4 Å². The Hall–Kier alpha value is -3.56. The van der Waals surface area contributed by atoms with Gasteiger partial charge >= 0.3 is 47.8 Å². The van der Waals surface area contributed by atoms with Gasteiger partial charge in [-0.1, -0.05) is 31.9 Å². The lowest BCUT2D eigenvalue weighted by molar-refractivity contribution is -0.236. The molecule has 0 aromatic heterocycles. The first kappa shape index (κ1) is 56.8. The molecule has 0 amide bonds. The molecule has 5 fully saturated rings. The molecule has 0 spiro atoms. The second-order valence-electron chi connectivity index (χ2n) is 16.5. The van der Waals surface area contributed by atoms with Crippen LogP contribution in [0, 0.1) is 5.92 Å². The van der Waals surface area contributed by atoms with Crippen molar-refractivity contribution in [3.8, 4) is 0 Å². The van der Waals surface area contributed by atoms with Crippen molar-refractivity contribution >= 4 is 79.6 Å². The van der Waals surface area contributed by atoms with E-state index in [1.54, 1.807) is 0 Å². The molecule has 376 valence electrons. The molecule has 0 aromatic carbocycles. The predicted octanol–water partition coefficient (Wildman–Crippen LogP) is 1.97. The van der Waals surface area contributed by atoms with Gasteiger partial charge in [0.15, 0.2) is 58.2 Å². The lowest BCUT2D eigenvalue weighted by Gasteiger charge is -2.42. The minimum Gasteiger partial charge on any atom is -0.463 e. The zero-order chi connectivity index (χ0) is 50.0. The number of carbonyl (C=O) groups is 8. The van der Waals surface area contributed by atoms with Crippen molar-refractivity contribution in [2.75, 3.05) is 19.8 Å². The van der Waals surface area contributed by atoms with Crippen molar-refractivity contribution < 1.29 is 110 Å². The number of halogens is 2. The molecule has 0 radical (unpaired) electrons. The molecule has 1 N–H and O–H groups in total. The van der Waals surface area contributed by atoms with Crippen LogP contribution in [0.15, 0.2) is 0 Å². The van der Waals surface area contributed by atoms with Gasteiger partial charge in [0.1, 0.15) is 31.5 Å². The molecule has 5 rings (SSSR count). The number of hydrogen-bond acceptors (Lipinski definition) is 23. The van der Waals surface area contributed by atoms with Crippen LogP contribution in [0.2, 0.25) is 0 Å². The molecule has 5 aliphatic rings. The van der Waals surface area contributed by atoms with E-state index in [-0.39, 0.29) is 37.4 Å². The molecule has 4 heterocycles. The number of esters is 8. The number of aliphatic hydroxyl groups is 1. The highest BCUT2D eigenvalue weighted by Crippen LogP contribution is 2.44. The number of rotatable bonds is 11. The summed E-state index contributed by atoms with van der Waals surface area (Å²) >= 11 is 6.37. The normalized spacial score (nSPS) is 34.8. The number of hydrogen-bond donors (Lipinski definition) is 1. The Morgan fingerprint density at radius 3 is 1.17 bits per heavy atom. The Balaban J connectivity index is 0.000000265. The molecule has 1 saturated carbocycles. The van der Waals surface area contributed by atoms with Gasteiger partial charge in [-0.25, -0.2) is 0 Å². The maximum atomic E-state index is 11.4. The first-order chi connectivity index (χ1) is 30.5.